The lowest BCUT2D eigenvalue weighted by Crippen LogP contribution is -2.47. The maximum absolute atomic E-state index is 13.1. The summed E-state index contributed by atoms with van der Waals surface area (Å²) in [5.41, 5.74) is -0.813. The monoisotopic (exact) mass is 273 g/mol. The molecule has 1 fully saturated rings. The van der Waals surface area contributed by atoms with Gasteiger partial charge in [0.2, 0.25) is 0 Å². The molecule has 0 radical (unpaired) electrons. The SMILES string of the molecule is CC1(C(=O)O)CCCN1Cc1cc(F)c(F)c(F)c1. The Morgan fingerprint density at radius 1 is 1.37 bits per heavy atom. The summed E-state index contributed by atoms with van der Waals surface area (Å²) in [5, 5.41) is 9.22. The normalized spacial score (nSPS) is 23.8. The minimum Gasteiger partial charge on any atom is -0.480 e. The molecule has 1 aliphatic heterocycles. The number of carbonyl (C=O) groups is 1. The highest BCUT2D eigenvalue weighted by Gasteiger charge is 2.43. The molecule has 0 aromatic heterocycles. The number of benzene rings is 1. The van der Waals surface area contributed by atoms with E-state index >= 15 is 0 Å². The molecule has 3 nitrogen and oxygen atoms in total. The van der Waals surface area contributed by atoms with Crippen molar-refractivity contribution in [1.82, 2.24) is 4.90 Å². The first kappa shape index (κ1) is 13.9. The van der Waals surface area contributed by atoms with Gasteiger partial charge in [-0.2, -0.15) is 0 Å². The molecular formula is C13H14F3NO2. The summed E-state index contributed by atoms with van der Waals surface area (Å²) in [6.07, 6.45) is 1.18. The highest BCUT2D eigenvalue weighted by Crippen LogP contribution is 2.31. The number of hydrogen-bond donors (Lipinski definition) is 1. The van der Waals surface area contributed by atoms with Gasteiger partial charge < -0.3 is 5.11 Å². The second kappa shape index (κ2) is 4.85. The Balaban J connectivity index is 2.24. The quantitative estimate of drug-likeness (QED) is 0.860. The van der Waals surface area contributed by atoms with Gasteiger partial charge in [-0.05, 0) is 44.0 Å². The fourth-order valence-electron chi connectivity index (χ4n) is 2.43. The van der Waals surface area contributed by atoms with Crippen LogP contribution in [0.2, 0.25) is 0 Å². The first-order chi connectivity index (χ1) is 8.84. The maximum atomic E-state index is 13.1. The van der Waals surface area contributed by atoms with Gasteiger partial charge in [0.1, 0.15) is 5.54 Å². The van der Waals surface area contributed by atoms with Crippen LogP contribution >= 0.6 is 0 Å². The van der Waals surface area contributed by atoms with E-state index in [1.165, 1.54) is 0 Å². The smallest absolute Gasteiger partial charge is 0.323 e. The molecule has 104 valence electrons. The van der Waals surface area contributed by atoms with Gasteiger partial charge in [0, 0.05) is 6.54 Å². The summed E-state index contributed by atoms with van der Waals surface area (Å²) in [7, 11) is 0. The van der Waals surface area contributed by atoms with Crippen molar-refractivity contribution >= 4 is 5.97 Å². The maximum Gasteiger partial charge on any atom is 0.323 e. The van der Waals surface area contributed by atoms with E-state index in [1.54, 1.807) is 11.8 Å². The van der Waals surface area contributed by atoms with E-state index in [0.29, 0.717) is 19.4 Å². The highest BCUT2D eigenvalue weighted by molar-refractivity contribution is 5.78. The van der Waals surface area contributed by atoms with Crippen LogP contribution in [0.1, 0.15) is 25.3 Å². The van der Waals surface area contributed by atoms with Crippen LogP contribution < -0.4 is 0 Å². The van der Waals surface area contributed by atoms with Gasteiger partial charge in [-0.15, -0.1) is 0 Å². The van der Waals surface area contributed by atoms with Crippen LogP contribution in [-0.4, -0.2) is 28.1 Å². The molecule has 19 heavy (non-hydrogen) atoms. The summed E-state index contributed by atoms with van der Waals surface area (Å²) in [4.78, 5) is 12.9. The molecule has 0 saturated carbocycles. The molecule has 2 rings (SSSR count). The number of likely N-dealkylation sites (tertiary alicyclic amines) is 1. The van der Waals surface area contributed by atoms with Crippen molar-refractivity contribution < 1.29 is 23.1 Å². The Morgan fingerprint density at radius 3 is 2.47 bits per heavy atom. The highest BCUT2D eigenvalue weighted by atomic mass is 19.2. The molecule has 0 aliphatic carbocycles. The number of hydrogen-bond acceptors (Lipinski definition) is 2. The number of rotatable bonds is 3. The van der Waals surface area contributed by atoms with E-state index in [2.05, 4.69) is 0 Å². The van der Waals surface area contributed by atoms with E-state index in [4.69, 9.17) is 0 Å². The van der Waals surface area contributed by atoms with E-state index < -0.39 is 29.0 Å². The van der Waals surface area contributed by atoms with Crippen molar-refractivity contribution in [1.29, 1.82) is 0 Å². The Morgan fingerprint density at radius 2 is 1.95 bits per heavy atom. The molecule has 1 aromatic rings. The van der Waals surface area contributed by atoms with Gasteiger partial charge in [-0.3, -0.25) is 9.69 Å². The summed E-state index contributed by atoms with van der Waals surface area (Å²) in [6.45, 7) is 2.19. The zero-order valence-corrected chi connectivity index (χ0v) is 10.4. The number of carboxylic acid groups (broad SMARTS) is 1. The van der Waals surface area contributed by atoms with Crippen molar-refractivity contribution in [3.8, 4) is 0 Å². The zero-order valence-electron chi connectivity index (χ0n) is 10.4. The Labute approximate surface area is 108 Å². The Bertz CT molecular complexity index is 498. The Kier molecular flexibility index (Phi) is 3.54. The van der Waals surface area contributed by atoms with Crippen molar-refractivity contribution in [2.75, 3.05) is 6.54 Å². The molecule has 0 spiro atoms. The van der Waals surface area contributed by atoms with Crippen LogP contribution in [0.25, 0.3) is 0 Å². The zero-order chi connectivity index (χ0) is 14.2. The van der Waals surface area contributed by atoms with Gasteiger partial charge in [0.25, 0.3) is 0 Å². The average molecular weight is 273 g/mol. The topological polar surface area (TPSA) is 40.5 Å². The molecule has 1 aromatic carbocycles. The third-order valence-electron chi connectivity index (χ3n) is 3.67. The third-order valence-corrected chi connectivity index (χ3v) is 3.67. The largest absolute Gasteiger partial charge is 0.480 e. The van der Waals surface area contributed by atoms with Gasteiger partial charge in [-0.25, -0.2) is 13.2 Å². The first-order valence-corrected chi connectivity index (χ1v) is 5.96. The van der Waals surface area contributed by atoms with Crippen LogP contribution in [0.5, 0.6) is 0 Å². The van der Waals surface area contributed by atoms with Crippen LogP contribution in [0, 0.1) is 17.5 Å². The van der Waals surface area contributed by atoms with Crippen LogP contribution in [0.15, 0.2) is 12.1 Å². The number of aliphatic carboxylic acids is 1. The molecule has 1 heterocycles. The molecule has 6 heteroatoms. The lowest BCUT2D eigenvalue weighted by Gasteiger charge is -2.31. The summed E-state index contributed by atoms with van der Waals surface area (Å²) in [6, 6.07) is 1.80. The second-order valence-electron chi connectivity index (χ2n) is 4.98. The number of nitrogens with zero attached hydrogens (tertiary/aromatic N) is 1. The van der Waals surface area contributed by atoms with Crippen LogP contribution in [0.4, 0.5) is 13.2 Å². The number of carboxylic acids is 1. The van der Waals surface area contributed by atoms with Gasteiger partial charge in [0.15, 0.2) is 17.5 Å². The average Bonchev–Trinajstić information content (AvgIpc) is 2.69. The molecule has 0 amide bonds. The lowest BCUT2D eigenvalue weighted by atomic mass is 9.99. The van der Waals surface area contributed by atoms with Crippen molar-refractivity contribution in [3.05, 3.63) is 35.1 Å². The van der Waals surface area contributed by atoms with Crippen molar-refractivity contribution in [3.63, 3.8) is 0 Å². The minimum atomic E-state index is -1.51. The van der Waals surface area contributed by atoms with E-state index in [-0.39, 0.29) is 12.1 Å². The molecule has 0 bridgehead atoms. The standard InChI is InChI=1S/C13H14F3NO2/c1-13(12(18)19)3-2-4-17(13)7-8-5-9(14)11(16)10(15)6-8/h5-6H,2-4,7H2,1H3,(H,18,19). The minimum absolute atomic E-state index is 0.0803. The molecule has 1 atom stereocenters. The van der Waals surface area contributed by atoms with Crippen LogP contribution in [0.3, 0.4) is 0 Å². The molecule has 1 N–H and O–H groups in total. The summed E-state index contributed by atoms with van der Waals surface area (Å²) in [5.74, 6) is -4.99. The van der Waals surface area contributed by atoms with Gasteiger partial charge in [0.05, 0.1) is 0 Å². The fraction of sp³-hybridized carbons (Fsp3) is 0.462. The molecule has 1 saturated heterocycles. The van der Waals surface area contributed by atoms with E-state index in [1.807, 2.05) is 0 Å². The van der Waals surface area contributed by atoms with Gasteiger partial charge in [-0.1, -0.05) is 0 Å². The predicted octanol–water partition coefficient (Wildman–Crippen LogP) is 2.54. The second-order valence-corrected chi connectivity index (χ2v) is 4.98. The van der Waals surface area contributed by atoms with Crippen molar-refractivity contribution in [2.45, 2.75) is 31.8 Å². The first-order valence-electron chi connectivity index (χ1n) is 5.96. The number of halogens is 3. The van der Waals surface area contributed by atoms with Gasteiger partial charge >= 0.3 is 5.97 Å². The summed E-state index contributed by atoms with van der Waals surface area (Å²) >= 11 is 0. The fourth-order valence-corrected chi connectivity index (χ4v) is 2.43. The van der Waals surface area contributed by atoms with E-state index in [9.17, 15) is 23.1 Å². The predicted molar refractivity (Wildman–Crippen MR) is 62.0 cm³/mol. The third kappa shape index (κ3) is 2.45. The molecule has 1 aliphatic rings. The van der Waals surface area contributed by atoms with E-state index in [0.717, 1.165) is 12.1 Å². The van der Waals surface area contributed by atoms with Crippen LogP contribution in [-0.2, 0) is 11.3 Å². The molecular weight excluding hydrogens is 259 g/mol. The Hall–Kier alpha value is -1.56. The molecule has 1 unspecified atom stereocenters. The van der Waals surface area contributed by atoms with Crippen molar-refractivity contribution in [2.24, 2.45) is 0 Å². The summed E-state index contributed by atoms with van der Waals surface area (Å²) < 4.78 is 39.1. The lowest BCUT2D eigenvalue weighted by molar-refractivity contribution is -0.148.